The number of carbonyl (C=O) groups is 1. The monoisotopic (exact) mass is 796 g/mol. The van der Waals surface area contributed by atoms with Crippen LogP contribution in [0.2, 0.25) is 0 Å². The molecular weight excluding hydrogens is 748 g/mol. The summed E-state index contributed by atoms with van der Waals surface area (Å²) in [5.74, 6) is -1.76. The number of hydrogen-bond acceptors (Lipinski definition) is 24. The Labute approximate surface area is 304 Å². The van der Waals surface area contributed by atoms with E-state index in [2.05, 4.69) is 0 Å². The fourth-order valence-corrected chi connectivity index (χ4v) is 6.53. The molecular formula is C29H48O25. The second-order valence-electron chi connectivity index (χ2n) is 13.6. The lowest BCUT2D eigenvalue weighted by Crippen LogP contribution is -2.65. The number of aliphatic hydroxyl groups excluding tert-OH is 14. The van der Waals surface area contributed by atoms with Crippen LogP contribution in [0.15, 0.2) is 0 Å². The summed E-state index contributed by atoms with van der Waals surface area (Å²) in [6, 6.07) is 0. The van der Waals surface area contributed by atoms with Gasteiger partial charge < -0.3 is 119 Å². The minimum Gasteiger partial charge on any atom is -0.479 e. The Hall–Kier alpha value is -1.45. The number of hydrogen-bond donors (Lipinski definition) is 15. The van der Waals surface area contributed by atoms with E-state index in [0.29, 0.717) is 0 Å². The molecule has 5 aliphatic rings. The van der Waals surface area contributed by atoms with E-state index in [-0.39, 0.29) is 0 Å². The number of carboxylic acid groups (broad SMARTS) is 1. The molecule has 5 saturated heterocycles. The number of aliphatic carboxylic acids is 1. The molecule has 0 spiro atoms. The minimum atomic E-state index is -2.15. The summed E-state index contributed by atoms with van der Waals surface area (Å²) in [6.07, 6.45) is -43.5. The zero-order chi connectivity index (χ0) is 39.9. The van der Waals surface area contributed by atoms with Crippen LogP contribution in [0.3, 0.4) is 0 Å². The van der Waals surface area contributed by atoms with Gasteiger partial charge in [-0.3, -0.25) is 0 Å². The van der Waals surface area contributed by atoms with E-state index in [9.17, 15) is 81.4 Å². The van der Waals surface area contributed by atoms with Crippen LogP contribution in [0.1, 0.15) is 6.92 Å². The van der Waals surface area contributed by atoms with Crippen molar-refractivity contribution in [2.45, 2.75) is 154 Å². The van der Waals surface area contributed by atoms with Crippen LogP contribution in [-0.2, 0) is 47.4 Å². The Bertz CT molecular complexity index is 1220. The Morgan fingerprint density at radius 3 is 1.54 bits per heavy atom. The normalized spacial score (nSPS) is 53.0. The van der Waals surface area contributed by atoms with Crippen molar-refractivity contribution < 1.29 is 124 Å². The highest BCUT2D eigenvalue weighted by Crippen LogP contribution is 2.33. The molecule has 24 atom stereocenters. The highest BCUT2D eigenvalue weighted by molar-refractivity contribution is 5.73. The van der Waals surface area contributed by atoms with Crippen molar-refractivity contribution in [2.24, 2.45) is 0 Å². The predicted molar refractivity (Wildman–Crippen MR) is 160 cm³/mol. The van der Waals surface area contributed by atoms with Gasteiger partial charge >= 0.3 is 5.97 Å². The van der Waals surface area contributed by atoms with Gasteiger partial charge in [0.15, 0.2) is 37.6 Å². The fourth-order valence-electron chi connectivity index (χ4n) is 6.53. The molecule has 0 bridgehead atoms. The van der Waals surface area contributed by atoms with E-state index in [0.717, 1.165) is 0 Å². The Kier molecular flexibility index (Phi) is 14.6. The summed E-state index contributed by atoms with van der Waals surface area (Å²) in [7, 11) is 0. The zero-order valence-corrected chi connectivity index (χ0v) is 28.3. The van der Waals surface area contributed by atoms with Crippen LogP contribution in [0, 0.1) is 0 Å². The summed E-state index contributed by atoms with van der Waals surface area (Å²) in [4.78, 5) is 12.2. The third-order valence-electron chi connectivity index (χ3n) is 9.85. The quantitative estimate of drug-likeness (QED) is 0.0871. The Morgan fingerprint density at radius 1 is 0.481 bits per heavy atom. The van der Waals surface area contributed by atoms with E-state index in [4.69, 9.17) is 42.6 Å². The molecule has 1 unspecified atom stereocenters. The molecule has 0 aliphatic carbocycles. The van der Waals surface area contributed by atoms with Crippen LogP contribution in [-0.4, -0.2) is 250 Å². The van der Waals surface area contributed by atoms with Crippen molar-refractivity contribution >= 4 is 5.97 Å². The summed E-state index contributed by atoms with van der Waals surface area (Å²) in [6.45, 7) is -1.05. The number of ether oxygens (including phenoxy) is 9. The maximum absolute atomic E-state index is 12.2. The maximum atomic E-state index is 12.2. The first kappa shape index (κ1) is 43.7. The van der Waals surface area contributed by atoms with Gasteiger partial charge in [-0.1, -0.05) is 0 Å². The molecule has 5 fully saturated rings. The molecule has 25 heteroatoms. The fraction of sp³-hybridized carbons (Fsp3) is 0.966. The van der Waals surface area contributed by atoms with Gasteiger partial charge in [0, 0.05) is 0 Å². The number of rotatable bonds is 12. The SMILES string of the molecule is C[C@@H]1O[C@@H](O[C@H]2[C@H](O)[C@@H](O)[C@H](OC[C@H]3O[C@@H](OC[C@H]4OC(O)[C@H](O)[C@@H](O)[C@H]4O)[C@H](O)[C@@H](O)[C@H]3O[C@@H]3O[C@@H](CO)[C@H](O)[C@H]3O)O[C@@H]2C(=O)O)[C@H](O)[C@H](O)[C@H]1O. The van der Waals surface area contributed by atoms with Gasteiger partial charge in [0.2, 0.25) is 0 Å². The molecule has 5 rings (SSSR count). The van der Waals surface area contributed by atoms with Crippen LogP contribution >= 0.6 is 0 Å². The van der Waals surface area contributed by atoms with Crippen LogP contribution in [0.25, 0.3) is 0 Å². The van der Waals surface area contributed by atoms with Crippen molar-refractivity contribution in [1.29, 1.82) is 0 Å². The van der Waals surface area contributed by atoms with Gasteiger partial charge in [0.25, 0.3) is 0 Å². The maximum Gasteiger partial charge on any atom is 0.335 e. The summed E-state index contributed by atoms with van der Waals surface area (Å²) in [5, 5.41) is 154. The highest BCUT2D eigenvalue weighted by atomic mass is 16.8. The second-order valence-corrected chi connectivity index (χ2v) is 13.6. The molecule has 54 heavy (non-hydrogen) atoms. The van der Waals surface area contributed by atoms with Crippen molar-refractivity contribution in [3.8, 4) is 0 Å². The Morgan fingerprint density at radius 2 is 0.944 bits per heavy atom. The van der Waals surface area contributed by atoms with Crippen LogP contribution < -0.4 is 0 Å². The largest absolute Gasteiger partial charge is 0.479 e. The number of aliphatic hydroxyl groups is 14. The van der Waals surface area contributed by atoms with Crippen molar-refractivity contribution in [2.75, 3.05) is 19.8 Å². The first-order valence-electron chi connectivity index (χ1n) is 16.9. The van der Waals surface area contributed by atoms with Crippen molar-refractivity contribution in [3.05, 3.63) is 0 Å². The molecule has 0 amide bonds. The van der Waals surface area contributed by atoms with Crippen molar-refractivity contribution in [3.63, 3.8) is 0 Å². The van der Waals surface area contributed by atoms with Gasteiger partial charge in [-0.15, -0.1) is 0 Å². The lowest BCUT2D eigenvalue weighted by atomic mass is 9.96. The molecule has 314 valence electrons. The summed E-state index contributed by atoms with van der Waals surface area (Å²) >= 11 is 0. The lowest BCUT2D eigenvalue weighted by Gasteiger charge is -2.46. The molecule has 25 nitrogen and oxygen atoms in total. The van der Waals surface area contributed by atoms with Crippen LogP contribution in [0.5, 0.6) is 0 Å². The van der Waals surface area contributed by atoms with Gasteiger partial charge in [0.1, 0.15) is 104 Å². The molecule has 0 radical (unpaired) electrons. The van der Waals surface area contributed by atoms with E-state index >= 15 is 0 Å². The van der Waals surface area contributed by atoms with Gasteiger partial charge in [-0.25, -0.2) is 4.79 Å². The van der Waals surface area contributed by atoms with E-state index in [1.165, 1.54) is 6.92 Å². The zero-order valence-electron chi connectivity index (χ0n) is 28.3. The van der Waals surface area contributed by atoms with E-state index < -0.39 is 173 Å². The predicted octanol–water partition coefficient (Wildman–Crippen LogP) is -10.2. The minimum absolute atomic E-state index is 0.739. The molecule has 5 aliphatic heterocycles. The highest BCUT2D eigenvalue weighted by Gasteiger charge is 2.55. The average Bonchev–Trinajstić information content (AvgIpc) is 3.41. The first-order valence-corrected chi connectivity index (χ1v) is 16.9. The topological polar surface area (TPSA) is 404 Å². The van der Waals surface area contributed by atoms with Crippen LogP contribution in [0.4, 0.5) is 0 Å². The van der Waals surface area contributed by atoms with E-state index in [1.807, 2.05) is 0 Å². The third kappa shape index (κ3) is 8.83. The molecule has 0 aromatic heterocycles. The Balaban J connectivity index is 1.30. The van der Waals surface area contributed by atoms with Crippen molar-refractivity contribution in [1.82, 2.24) is 0 Å². The standard InChI is InChI=1S/C29H48O25/c1-5-9(31)12(34)18(40)28(48-5)53-22-15(37)20(42)27(54-23(22)24(43)44)47-4-8-21(52-29-17(39)10(32)6(2-30)50-29)14(36)19(41)26(51-8)46-3-7-11(33)13(35)16(38)25(45)49-7/h5-23,25-42,45H,2-4H2,1H3,(H,43,44)/t5-,6-,7+,8+,9-,10-,11-,12+,13-,14+,15+,16+,17+,18+,19+,20+,21-,22-,23-,25?,26+,27+,28-,29-/m0/s1. The smallest absolute Gasteiger partial charge is 0.335 e. The molecule has 0 aromatic rings. The molecule has 0 aromatic carbocycles. The summed E-state index contributed by atoms with van der Waals surface area (Å²) < 4.78 is 48.8. The third-order valence-corrected chi connectivity index (χ3v) is 9.85. The molecule has 0 saturated carbocycles. The molecule has 5 heterocycles. The first-order chi connectivity index (χ1) is 25.4. The van der Waals surface area contributed by atoms with Gasteiger partial charge in [0.05, 0.1) is 25.9 Å². The molecule has 15 N–H and O–H groups in total. The summed E-state index contributed by atoms with van der Waals surface area (Å²) in [5.41, 5.74) is 0. The van der Waals surface area contributed by atoms with E-state index in [1.54, 1.807) is 0 Å². The van der Waals surface area contributed by atoms with Gasteiger partial charge in [-0.05, 0) is 6.92 Å². The lowest BCUT2D eigenvalue weighted by molar-refractivity contribution is -0.364. The second kappa shape index (κ2) is 18.0. The average molecular weight is 797 g/mol. The number of carboxylic acids is 1. The van der Waals surface area contributed by atoms with Gasteiger partial charge in [-0.2, -0.15) is 0 Å².